The average molecular weight is 270 g/mol. The summed E-state index contributed by atoms with van der Waals surface area (Å²) in [5, 5.41) is 10.6. The fourth-order valence-electron chi connectivity index (χ4n) is 3.25. The van der Waals surface area contributed by atoms with E-state index >= 15 is 0 Å². The van der Waals surface area contributed by atoms with Crippen molar-refractivity contribution in [2.75, 3.05) is 0 Å². The van der Waals surface area contributed by atoms with Crippen molar-refractivity contribution in [1.82, 2.24) is 20.5 Å². The van der Waals surface area contributed by atoms with Crippen molar-refractivity contribution < 1.29 is 0 Å². The molecule has 0 saturated heterocycles. The van der Waals surface area contributed by atoms with Crippen LogP contribution in [0.25, 0.3) is 0 Å². The number of H-pyrrole nitrogens is 1. The van der Waals surface area contributed by atoms with Gasteiger partial charge < -0.3 is 5.32 Å². The van der Waals surface area contributed by atoms with Crippen LogP contribution in [-0.2, 0) is 0 Å². The van der Waals surface area contributed by atoms with Crippen molar-refractivity contribution in [1.29, 1.82) is 0 Å². The van der Waals surface area contributed by atoms with E-state index in [0.29, 0.717) is 12.0 Å². The molecule has 4 heteroatoms. The van der Waals surface area contributed by atoms with Crippen LogP contribution >= 0.6 is 0 Å². The Morgan fingerprint density at radius 3 is 2.75 bits per heavy atom. The maximum Gasteiger partial charge on any atom is 0.141 e. The largest absolute Gasteiger partial charge is 0.304 e. The Morgan fingerprint density at radius 1 is 1.20 bits per heavy atom. The third kappa shape index (κ3) is 2.90. The third-order valence-corrected chi connectivity index (χ3v) is 4.30. The Balaban J connectivity index is 1.73. The Morgan fingerprint density at radius 2 is 2.00 bits per heavy atom. The molecule has 3 unspecified atom stereocenters. The summed E-state index contributed by atoms with van der Waals surface area (Å²) in [6.07, 6.45) is 6.71. The number of nitrogens with zero attached hydrogens (tertiary/aromatic N) is 2. The molecule has 20 heavy (non-hydrogen) atoms. The van der Waals surface area contributed by atoms with Crippen molar-refractivity contribution in [2.45, 2.75) is 50.6 Å². The molecule has 0 aliphatic heterocycles. The fourth-order valence-corrected chi connectivity index (χ4v) is 3.25. The van der Waals surface area contributed by atoms with Crippen LogP contribution < -0.4 is 5.32 Å². The van der Waals surface area contributed by atoms with Gasteiger partial charge in [-0.3, -0.25) is 5.10 Å². The molecule has 106 valence electrons. The summed E-state index contributed by atoms with van der Waals surface area (Å²) >= 11 is 0. The van der Waals surface area contributed by atoms with Crippen molar-refractivity contribution in [3.05, 3.63) is 48.0 Å². The second-order valence-electron chi connectivity index (χ2n) is 5.67. The molecule has 3 rings (SSSR count). The van der Waals surface area contributed by atoms with E-state index < -0.39 is 0 Å². The van der Waals surface area contributed by atoms with Gasteiger partial charge in [0.1, 0.15) is 12.2 Å². The van der Waals surface area contributed by atoms with Gasteiger partial charge in [0.05, 0.1) is 6.04 Å². The quantitative estimate of drug-likeness (QED) is 0.897. The van der Waals surface area contributed by atoms with Gasteiger partial charge in [0.2, 0.25) is 0 Å². The molecule has 0 amide bonds. The van der Waals surface area contributed by atoms with Crippen molar-refractivity contribution in [3.8, 4) is 0 Å². The third-order valence-electron chi connectivity index (χ3n) is 4.30. The van der Waals surface area contributed by atoms with Crippen LogP contribution in [0.1, 0.15) is 56.0 Å². The number of rotatable bonds is 4. The number of hydrogen-bond acceptors (Lipinski definition) is 3. The van der Waals surface area contributed by atoms with E-state index in [1.54, 1.807) is 6.33 Å². The van der Waals surface area contributed by atoms with Crippen molar-refractivity contribution >= 4 is 0 Å². The minimum Gasteiger partial charge on any atom is -0.304 e. The topological polar surface area (TPSA) is 53.6 Å². The lowest BCUT2D eigenvalue weighted by Gasteiger charge is -2.34. The molecule has 1 aromatic carbocycles. The standard InChI is InChI=1S/C16H22N4/c1-12(16-17-11-18-20-16)19-15-10-6-5-9-14(15)13-7-3-2-4-8-13/h2-4,7-8,11-12,14-15,19H,5-6,9-10H2,1H3,(H,17,18,20). The zero-order valence-corrected chi connectivity index (χ0v) is 11.9. The fraction of sp³-hybridized carbons (Fsp3) is 0.500. The summed E-state index contributed by atoms with van der Waals surface area (Å²) in [6.45, 7) is 2.15. The number of hydrogen-bond donors (Lipinski definition) is 2. The summed E-state index contributed by atoms with van der Waals surface area (Å²) in [5.41, 5.74) is 1.45. The van der Waals surface area contributed by atoms with Gasteiger partial charge in [-0.25, -0.2) is 4.98 Å². The summed E-state index contributed by atoms with van der Waals surface area (Å²) in [4.78, 5) is 4.25. The molecule has 3 atom stereocenters. The van der Waals surface area contributed by atoms with Gasteiger partial charge in [-0.1, -0.05) is 43.2 Å². The normalized spacial score (nSPS) is 24.4. The Labute approximate surface area is 120 Å². The molecule has 1 aromatic heterocycles. The van der Waals surface area contributed by atoms with Gasteiger partial charge in [0.25, 0.3) is 0 Å². The SMILES string of the molecule is CC(NC1CCCCC1c1ccccc1)c1ncn[nH]1. The molecule has 1 aliphatic rings. The van der Waals surface area contributed by atoms with E-state index in [2.05, 4.69) is 57.8 Å². The molecule has 4 nitrogen and oxygen atoms in total. The highest BCUT2D eigenvalue weighted by atomic mass is 15.2. The molecule has 1 saturated carbocycles. The van der Waals surface area contributed by atoms with E-state index in [1.807, 2.05) is 0 Å². The van der Waals surface area contributed by atoms with Crippen LogP contribution in [0.15, 0.2) is 36.7 Å². The molecule has 1 fully saturated rings. The molecular formula is C16H22N4. The smallest absolute Gasteiger partial charge is 0.141 e. The highest BCUT2D eigenvalue weighted by Gasteiger charge is 2.27. The number of benzene rings is 1. The lowest BCUT2D eigenvalue weighted by atomic mass is 9.79. The van der Waals surface area contributed by atoms with Crippen LogP contribution in [-0.4, -0.2) is 21.2 Å². The van der Waals surface area contributed by atoms with Crippen LogP contribution in [0.5, 0.6) is 0 Å². The van der Waals surface area contributed by atoms with Crippen LogP contribution in [0.2, 0.25) is 0 Å². The first-order valence-electron chi connectivity index (χ1n) is 7.51. The van der Waals surface area contributed by atoms with E-state index in [9.17, 15) is 0 Å². The predicted molar refractivity (Wildman–Crippen MR) is 79.4 cm³/mol. The number of nitrogens with one attached hydrogen (secondary N) is 2. The van der Waals surface area contributed by atoms with E-state index in [0.717, 1.165) is 5.82 Å². The summed E-state index contributed by atoms with van der Waals surface area (Å²) in [7, 11) is 0. The molecule has 0 bridgehead atoms. The maximum absolute atomic E-state index is 4.25. The first kappa shape index (κ1) is 13.3. The zero-order valence-electron chi connectivity index (χ0n) is 11.9. The maximum atomic E-state index is 4.25. The van der Waals surface area contributed by atoms with Crippen molar-refractivity contribution in [2.24, 2.45) is 0 Å². The second-order valence-corrected chi connectivity index (χ2v) is 5.67. The van der Waals surface area contributed by atoms with Gasteiger partial charge >= 0.3 is 0 Å². The van der Waals surface area contributed by atoms with Gasteiger partial charge in [0.15, 0.2) is 0 Å². The first-order valence-corrected chi connectivity index (χ1v) is 7.51. The highest BCUT2D eigenvalue weighted by Crippen LogP contribution is 2.34. The highest BCUT2D eigenvalue weighted by molar-refractivity contribution is 5.22. The lowest BCUT2D eigenvalue weighted by Crippen LogP contribution is -2.39. The van der Waals surface area contributed by atoms with Gasteiger partial charge in [-0.2, -0.15) is 5.10 Å². The molecule has 1 aliphatic carbocycles. The molecule has 0 spiro atoms. The number of aromatic nitrogens is 3. The Kier molecular flexibility index (Phi) is 4.11. The van der Waals surface area contributed by atoms with Gasteiger partial charge in [0, 0.05) is 6.04 Å². The molecule has 1 heterocycles. The Hall–Kier alpha value is -1.68. The van der Waals surface area contributed by atoms with Crippen molar-refractivity contribution in [3.63, 3.8) is 0 Å². The van der Waals surface area contributed by atoms with Crippen LogP contribution in [0.3, 0.4) is 0 Å². The molecule has 2 aromatic rings. The molecular weight excluding hydrogens is 248 g/mol. The first-order chi connectivity index (χ1) is 9.84. The molecule has 2 N–H and O–H groups in total. The lowest BCUT2D eigenvalue weighted by molar-refractivity contribution is 0.302. The summed E-state index contributed by atoms with van der Waals surface area (Å²) < 4.78 is 0. The Bertz CT molecular complexity index is 509. The van der Waals surface area contributed by atoms with E-state index in [1.165, 1.54) is 31.2 Å². The summed E-state index contributed by atoms with van der Waals surface area (Å²) in [5.74, 6) is 1.53. The minimum absolute atomic E-state index is 0.215. The van der Waals surface area contributed by atoms with Gasteiger partial charge in [-0.15, -0.1) is 0 Å². The van der Waals surface area contributed by atoms with E-state index in [-0.39, 0.29) is 6.04 Å². The summed E-state index contributed by atoms with van der Waals surface area (Å²) in [6, 6.07) is 11.6. The monoisotopic (exact) mass is 270 g/mol. The van der Waals surface area contributed by atoms with Crippen LogP contribution in [0.4, 0.5) is 0 Å². The number of aromatic amines is 1. The minimum atomic E-state index is 0.215. The average Bonchev–Trinajstić information content (AvgIpc) is 3.03. The van der Waals surface area contributed by atoms with Crippen LogP contribution in [0, 0.1) is 0 Å². The predicted octanol–water partition coefficient (Wildman–Crippen LogP) is 3.18. The zero-order chi connectivity index (χ0) is 13.8. The molecule has 0 radical (unpaired) electrons. The van der Waals surface area contributed by atoms with E-state index in [4.69, 9.17) is 0 Å². The second kappa shape index (κ2) is 6.18. The van der Waals surface area contributed by atoms with Gasteiger partial charge in [-0.05, 0) is 31.2 Å².